The minimum Gasteiger partial charge on any atom is -0.462 e. The van der Waals surface area contributed by atoms with E-state index in [1.54, 1.807) is 0 Å². The van der Waals surface area contributed by atoms with Gasteiger partial charge in [0.05, 0.1) is 42.5 Å². The molecule has 0 aromatic carbocycles. The van der Waals surface area contributed by atoms with Crippen molar-refractivity contribution < 1.29 is 34.0 Å². The third-order valence-electron chi connectivity index (χ3n) is 9.77. The molecule has 0 unspecified atom stereocenters. The number of carbonyl (C=O) groups is 2. The normalized spacial score (nSPS) is 29.2. The van der Waals surface area contributed by atoms with E-state index in [-0.39, 0.29) is 54.3 Å². The molecule has 7 heteroatoms. The van der Waals surface area contributed by atoms with Crippen LogP contribution in [0, 0.1) is 5.92 Å². The molecule has 3 aliphatic heterocycles. The summed E-state index contributed by atoms with van der Waals surface area (Å²) in [6.07, 6.45) is 23.2. The number of Topliss-reactive ketones (excluding diaryl/α,β-unsaturated/α-hetero) is 1. The molecule has 8 atom stereocenters. The number of unbranched alkanes of at least 4 members (excludes halogenated alkanes) is 12. The Morgan fingerprint density at radius 1 is 0.738 bits per heavy atom. The first-order valence-electron chi connectivity index (χ1n) is 17.7. The first-order chi connectivity index (χ1) is 20.4. The van der Waals surface area contributed by atoms with Crippen molar-refractivity contribution in [3.63, 3.8) is 0 Å². The molecule has 3 saturated heterocycles. The molecular formula is C35H62O7. The Morgan fingerprint density at radius 2 is 1.21 bits per heavy atom. The van der Waals surface area contributed by atoms with Crippen LogP contribution in [-0.2, 0) is 23.8 Å². The van der Waals surface area contributed by atoms with Crippen molar-refractivity contribution in [2.24, 2.45) is 5.92 Å². The quantitative estimate of drug-likeness (QED) is 0.0941. The minimum absolute atomic E-state index is 0.00243. The van der Waals surface area contributed by atoms with E-state index in [1.165, 1.54) is 64.7 Å². The van der Waals surface area contributed by atoms with Gasteiger partial charge in [0.1, 0.15) is 11.9 Å². The van der Waals surface area contributed by atoms with Gasteiger partial charge >= 0.3 is 5.97 Å². The second kappa shape index (κ2) is 20.1. The highest BCUT2D eigenvalue weighted by Crippen LogP contribution is 2.35. The number of ether oxygens (including phenoxy) is 3. The molecule has 42 heavy (non-hydrogen) atoms. The lowest BCUT2D eigenvalue weighted by Crippen LogP contribution is -2.33. The molecule has 3 heterocycles. The lowest BCUT2D eigenvalue weighted by Gasteiger charge is -2.24. The number of hydrogen-bond acceptors (Lipinski definition) is 7. The largest absolute Gasteiger partial charge is 0.462 e. The number of ketones is 1. The van der Waals surface area contributed by atoms with Crippen LogP contribution in [0.15, 0.2) is 0 Å². The molecule has 7 nitrogen and oxygen atoms in total. The number of cyclic esters (lactones) is 1. The van der Waals surface area contributed by atoms with Crippen molar-refractivity contribution in [1.29, 1.82) is 0 Å². The van der Waals surface area contributed by atoms with Crippen molar-refractivity contribution in [3.8, 4) is 0 Å². The second-order valence-corrected chi connectivity index (χ2v) is 13.6. The molecule has 0 bridgehead atoms. The Labute approximate surface area is 255 Å². The molecule has 3 rings (SSSR count). The number of aliphatic hydroxyl groups is 2. The highest BCUT2D eigenvalue weighted by Gasteiger charge is 2.40. The van der Waals surface area contributed by atoms with E-state index in [9.17, 15) is 19.8 Å². The van der Waals surface area contributed by atoms with Crippen LogP contribution in [0.5, 0.6) is 0 Å². The molecule has 2 N–H and O–H groups in total. The summed E-state index contributed by atoms with van der Waals surface area (Å²) in [7, 11) is 0. The fourth-order valence-corrected chi connectivity index (χ4v) is 7.20. The van der Waals surface area contributed by atoms with Gasteiger partial charge in [-0.1, -0.05) is 90.4 Å². The Bertz CT molecular complexity index is 758. The average molecular weight is 595 g/mol. The highest BCUT2D eigenvalue weighted by molar-refractivity contribution is 5.83. The van der Waals surface area contributed by atoms with Gasteiger partial charge in [0.25, 0.3) is 0 Å². The second-order valence-electron chi connectivity index (χ2n) is 13.6. The van der Waals surface area contributed by atoms with E-state index >= 15 is 0 Å². The highest BCUT2D eigenvalue weighted by atomic mass is 16.6. The predicted octanol–water partition coefficient (Wildman–Crippen LogP) is 7.37. The Balaban J connectivity index is 1.14. The summed E-state index contributed by atoms with van der Waals surface area (Å²) in [4.78, 5) is 23.1. The molecule has 244 valence electrons. The molecule has 0 aromatic heterocycles. The standard InChI is InChI=1S/C35H62O7/c1-3-4-5-6-12-15-18-29(37)31-20-22-33(41-31)34-23-21-32(42-34)30(38)19-16-13-10-8-7-9-11-14-17-28-25-27(24-26(2)36)35(39)40-28/h27-34,37-38H,3-25H2,1-2H3/t27-,28-,29+,30-,31-,32-,33-,34-/m1/s1. The van der Waals surface area contributed by atoms with E-state index in [0.717, 1.165) is 77.0 Å². The van der Waals surface area contributed by atoms with Crippen molar-refractivity contribution in [1.82, 2.24) is 0 Å². The fourth-order valence-electron chi connectivity index (χ4n) is 7.20. The van der Waals surface area contributed by atoms with Crippen LogP contribution in [0.2, 0.25) is 0 Å². The van der Waals surface area contributed by atoms with Crippen LogP contribution >= 0.6 is 0 Å². The fraction of sp³-hybridized carbons (Fsp3) is 0.943. The zero-order valence-corrected chi connectivity index (χ0v) is 26.8. The number of hydrogen-bond donors (Lipinski definition) is 2. The van der Waals surface area contributed by atoms with Crippen LogP contribution in [0.4, 0.5) is 0 Å². The minimum atomic E-state index is -0.398. The summed E-state index contributed by atoms with van der Waals surface area (Å²) in [6.45, 7) is 3.77. The van der Waals surface area contributed by atoms with Crippen molar-refractivity contribution in [3.05, 3.63) is 0 Å². The summed E-state index contributed by atoms with van der Waals surface area (Å²) in [5.74, 6) is -0.349. The zero-order valence-electron chi connectivity index (χ0n) is 26.8. The molecule has 0 spiro atoms. The first kappa shape index (κ1) is 35.5. The maximum Gasteiger partial charge on any atom is 0.309 e. The third-order valence-corrected chi connectivity index (χ3v) is 9.77. The lowest BCUT2D eigenvalue weighted by molar-refractivity contribution is -0.145. The maximum absolute atomic E-state index is 11.8. The van der Waals surface area contributed by atoms with Gasteiger partial charge in [0, 0.05) is 6.42 Å². The summed E-state index contributed by atoms with van der Waals surface area (Å²) in [6, 6.07) is 0. The van der Waals surface area contributed by atoms with Gasteiger partial charge in [-0.3, -0.25) is 4.79 Å². The summed E-state index contributed by atoms with van der Waals surface area (Å²) in [5.41, 5.74) is 0. The number of carbonyl (C=O) groups excluding carboxylic acids is 2. The van der Waals surface area contributed by atoms with Crippen LogP contribution < -0.4 is 0 Å². The molecule has 0 amide bonds. The molecule has 3 aliphatic rings. The molecular weight excluding hydrogens is 532 g/mol. The zero-order chi connectivity index (χ0) is 30.2. The van der Waals surface area contributed by atoms with Gasteiger partial charge in [-0.2, -0.15) is 0 Å². The predicted molar refractivity (Wildman–Crippen MR) is 165 cm³/mol. The van der Waals surface area contributed by atoms with E-state index in [0.29, 0.717) is 12.8 Å². The molecule has 0 radical (unpaired) electrons. The van der Waals surface area contributed by atoms with E-state index in [2.05, 4.69) is 6.92 Å². The van der Waals surface area contributed by atoms with Crippen LogP contribution in [0.1, 0.15) is 162 Å². The molecule has 0 aliphatic carbocycles. The Morgan fingerprint density at radius 3 is 1.71 bits per heavy atom. The molecule has 0 saturated carbocycles. The topological polar surface area (TPSA) is 102 Å². The smallest absolute Gasteiger partial charge is 0.309 e. The maximum atomic E-state index is 11.8. The summed E-state index contributed by atoms with van der Waals surface area (Å²) >= 11 is 0. The van der Waals surface area contributed by atoms with Gasteiger partial charge in [-0.05, 0) is 64.7 Å². The number of aliphatic hydroxyl groups excluding tert-OH is 2. The molecule has 3 fully saturated rings. The third kappa shape index (κ3) is 12.9. The van der Waals surface area contributed by atoms with Crippen molar-refractivity contribution >= 4 is 11.8 Å². The SMILES string of the molecule is CCCCCCCC[C@H](O)[C@H]1CC[C@H]([C@H]2CC[C@H]([C@H](O)CCCCCCCCCC[C@@H]3C[C@@H](CC(C)=O)C(=O)O3)O2)O1. The van der Waals surface area contributed by atoms with E-state index in [4.69, 9.17) is 14.2 Å². The first-order valence-corrected chi connectivity index (χ1v) is 17.7. The average Bonchev–Trinajstić information content (AvgIpc) is 3.72. The van der Waals surface area contributed by atoms with Gasteiger partial charge in [-0.25, -0.2) is 0 Å². The Kier molecular flexibility index (Phi) is 17.0. The Hall–Kier alpha value is -1.02. The monoisotopic (exact) mass is 594 g/mol. The summed E-state index contributed by atoms with van der Waals surface area (Å²) < 4.78 is 18.0. The molecule has 0 aromatic rings. The number of esters is 1. The van der Waals surface area contributed by atoms with Gasteiger partial charge in [0.15, 0.2) is 0 Å². The number of rotatable bonds is 23. The van der Waals surface area contributed by atoms with Crippen molar-refractivity contribution in [2.75, 3.05) is 0 Å². The van der Waals surface area contributed by atoms with Crippen molar-refractivity contribution in [2.45, 2.75) is 204 Å². The van der Waals surface area contributed by atoms with Crippen LogP contribution in [0.3, 0.4) is 0 Å². The summed E-state index contributed by atoms with van der Waals surface area (Å²) in [5, 5.41) is 21.4. The van der Waals surface area contributed by atoms with Gasteiger partial charge < -0.3 is 29.2 Å². The van der Waals surface area contributed by atoms with Crippen LogP contribution in [0.25, 0.3) is 0 Å². The van der Waals surface area contributed by atoms with E-state index < -0.39 is 6.10 Å². The van der Waals surface area contributed by atoms with Gasteiger partial charge in [0.2, 0.25) is 0 Å². The van der Waals surface area contributed by atoms with Gasteiger partial charge in [-0.15, -0.1) is 0 Å². The lowest BCUT2D eigenvalue weighted by atomic mass is 9.96. The van der Waals surface area contributed by atoms with Crippen LogP contribution in [-0.4, -0.2) is 64.7 Å². The van der Waals surface area contributed by atoms with E-state index in [1.807, 2.05) is 0 Å².